The number of rotatable bonds is 3. The van der Waals surface area contributed by atoms with Crippen LogP contribution in [0.4, 0.5) is 0 Å². The molecule has 1 unspecified atom stereocenters. The molecule has 1 amide bonds. The molecule has 21 heavy (non-hydrogen) atoms. The molecule has 0 fully saturated rings. The van der Waals surface area contributed by atoms with Crippen LogP contribution in [0.3, 0.4) is 0 Å². The number of pyridine rings is 1. The third-order valence-electron chi connectivity index (χ3n) is 4.19. The molecule has 1 aliphatic carbocycles. The van der Waals surface area contributed by atoms with Gasteiger partial charge in [-0.05, 0) is 37.0 Å². The molecule has 1 atom stereocenters. The lowest BCUT2D eigenvalue weighted by Crippen LogP contribution is -2.34. The number of nitrogens with zero attached hydrogens (tertiary/aromatic N) is 4. The zero-order chi connectivity index (χ0) is 14.8. The first-order chi connectivity index (χ1) is 10.2. The molecule has 0 radical (unpaired) electrons. The van der Waals surface area contributed by atoms with Crippen molar-refractivity contribution >= 4 is 5.91 Å². The maximum Gasteiger partial charge on any atom is 0.231 e. The van der Waals surface area contributed by atoms with Gasteiger partial charge in [0.2, 0.25) is 5.91 Å². The summed E-state index contributed by atoms with van der Waals surface area (Å²) in [6.07, 6.45) is 6.50. The van der Waals surface area contributed by atoms with E-state index in [1.165, 1.54) is 5.56 Å². The van der Waals surface area contributed by atoms with Crippen LogP contribution in [0.2, 0.25) is 0 Å². The van der Waals surface area contributed by atoms with Crippen molar-refractivity contribution in [2.24, 2.45) is 7.05 Å². The van der Waals surface area contributed by atoms with Crippen molar-refractivity contribution in [2.75, 3.05) is 7.05 Å². The lowest BCUT2D eigenvalue weighted by molar-refractivity contribution is -0.132. The average Bonchev–Trinajstić information content (AvgIpc) is 2.91. The summed E-state index contributed by atoms with van der Waals surface area (Å²) in [4.78, 5) is 19.0. The number of fused-ring (bicyclic) bond motifs is 1. The minimum atomic E-state index is -0.104. The molecule has 0 aromatic carbocycles. The van der Waals surface area contributed by atoms with Gasteiger partial charge in [0.15, 0.2) is 0 Å². The lowest BCUT2D eigenvalue weighted by Gasteiger charge is -2.27. The SMILES string of the molecule is CN(Cc1ccnn1C)C(=O)C1CCCc2cccnc21. The van der Waals surface area contributed by atoms with Crippen molar-refractivity contribution in [2.45, 2.75) is 31.7 Å². The van der Waals surface area contributed by atoms with E-state index in [0.29, 0.717) is 6.54 Å². The van der Waals surface area contributed by atoms with Gasteiger partial charge in [0.05, 0.1) is 23.9 Å². The fourth-order valence-electron chi connectivity index (χ4n) is 2.99. The van der Waals surface area contributed by atoms with Crippen LogP contribution in [0.5, 0.6) is 0 Å². The van der Waals surface area contributed by atoms with Crippen LogP contribution in [-0.4, -0.2) is 32.6 Å². The second-order valence-electron chi connectivity index (χ2n) is 5.63. The molecule has 1 aliphatic rings. The molecule has 0 aliphatic heterocycles. The molecule has 0 saturated heterocycles. The summed E-state index contributed by atoms with van der Waals surface area (Å²) < 4.78 is 1.80. The number of carbonyl (C=O) groups excluding carboxylic acids is 1. The van der Waals surface area contributed by atoms with E-state index in [4.69, 9.17) is 0 Å². The smallest absolute Gasteiger partial charge is 0.231 e. The fraction of sp³-hybridized carbons (Fsp3) is 0.438. The van der Waals surface area contributed by atoms with Gasteiger partial charge in [0, 0.05) is 26.5 Å². The molecule has 0 bridgehead atoms. The molecular formula is C16H20N4O. The summed E-state index contributed by atoms with van der Waals surface area (Å²) in [5, 5.41) is 4.14. The Morgan fingerprint density at radius 2 is 2.29 bits per heavy atom. The Morgan fingerprint density at radius 3 is 3.05 bits per heavy atom. The summed E-state index contributed by atoms with van der Waals surface area (Å²) in [7, 11) is 3.75. The second-order valence-corrected chi connectivity index (χ2v) is 5.63. The van der Waals surface area contributed by atoms with Gasteiger partial charge in [0.1, 0.15) is 0 Å². The largest absolute Gasteiger partial charge is 0.339 e. The molecule has 5 heteroatoms. The van der Waals surface area contributed by atoms with E-state index >= 15 is 0 Å². The van der Waals surface area contributed by atoms with Crippen LogP contribution < -0.4 is 0 Å². The van der Waals surface area contributed by atoms with Crippen LogP contribution in [-0.2, 0) is 24.8 Å². The van der Waals surface area contributed by atoms with E-state index in [1.54, 1.807) is 22.0 Å². The molecule has 0 spiro atoms. The average molecular weight is 284 g/mol. The third kappa shape index (κ3) is 2.68. The summed E-state index contributed by atoms with van der Waals surface area (Å²) in [5.41, 5.74) is 3.21. The lowest BCUT2D eigenvalue weighted by atomic mass is 9.86. The first-order valence-corrected chi connectivity index (χ1v) is 7.32. The Bertz CT molecular complexity index is 649. The number of carbonyl (C=O) groups is 1. The van der Waals surface area contributed by atoms with Crippen molar-refractivity contribution in [3.8, 4) is 0 Å². The zero-order valence-corrected chi connectivity index (χ0v) is 12.5. The van der Waals surface area contributed by atoms with Crippen LogP contribution >= 0.6 is 0 Å². The van der Waals surface area contributed by atoms with Crippen LogP contribution in [0.15, 0.2) is 30.6 Å². The highest BCUT2D eigenvalue weighted by molar-refractivity contribution is 5.83. The highest BCUT2D eigenvalue weighted by Gasteiger charge is 2.29. The van der Waals surface area contributed by atoms with Crippen LogP contribution in [0.1, 0.15) is 35.7 Å². The van der Waals surface area contributed by atoms with Gasteiger partial charge < -0.3 is 4.90 Å². The molecule has 2 aromatic heterocycles. The van der Waals surface area contributed by atoms with Crippen molar-refractivity contribution in [1.82, 2.24) is 19.7 Å². The van der Waals surface area contributed by atoms with Gasteiger partial charge in [-0.15, -0.1) is 0 Å². The number of aryl methyl sites for hydroxylation is 2. The van der Waals surface area contributed by atoms with Crippen molar-refractivity contribution in [3.05, 3.63) is 47.5 Å². The Balaban J connectivity index is 1.78. The van der Waals surface area contributed by atoms with E-state index < -0.39 is 0 Å². The number of amides is 1. The first kappa shape index (κ1) is 13.8. The normalized spacial score (nSPS) is 17.3. The molecule has 2 heterocycles. The van der Waals surface area contributed by atoms with Crippen LogP contribution in [0, 0.1) is 0 Å². The summed E-state index contributed by atoms with van der Waals surface area (Å²) in [6, 6.07) is 5.98. The van der Waals surface area contributed by atoms with Crippen molar-refractivity contribution < 1.29 is 4.79 Å². The Hall–Kier alpha value is -2.17. The molecule has 0 saturated carbocycles. The summed E-state index contributed by atoms with van der Waals surface area (Å²) >= 11 is 0. The minimum Gasteiger partial charge on any atom is -0.339 e. The number of likely N-dealkylation sites (N-methyl/N-ethyl adjacent to an activating group) is 1. The highest BCUT2D eigenvalue weighted by atomic mass is 16.2. The maximum atomic E-state index is 12.8. The molecule has 2 aromatic rings. The van der Waals surface area contributed by atoms with Gasteiger partial charge in [-0.1, -0.05) is 6.07 Å². The number of aromatic nitrogens is 3. The Morgan fingerprint density at radius 1 is 1.43 bits per heavy atom. The van der Waals surface area contributed by atoms with Gasteiger partial charge in [-0.3, -0.25) is 14.5 Å². The van der Waals surface area contributed by atoms with E-state index in [0.717, 1.165) is 30.7 Å². The van der Waals surface area contributed by atoms with Crippen LogP contribution in [0.25, 0.3) is 0 Å². The van der Waals surface area contributed by atoms with E-state index in [2.05, 4.69) is 16.1 Å². The maximum absolute atomic E-state index is 12.8. The van der Waals surface area contributed by atoms with Crippen molar-refractivity contribution in [3.63, 3.8) is 0 Å². The monoisotopic (exact) mass is 284 g/mol. The molecule has 0 N–H and O–H groups in total. The molecule has 3 rings (SSSR count). The topological polar surface area (TPSA) is 51.0 Å². The van der Waals surface area contributed by atoms with Crippen molar-refractivity contribution in [1.29, 1.82) is 0 Å². The van der Waals surface area contributed by atoms with E-state index in [1.807, 2.05) is 26.2 Å². The Labute approximate surface area is 124 Å². The van der Waals surface area contributed by atoms with E-state index in [9.17, 15) is 4.79 Å². The van der Waals surface area contributed by atoms with Gasteiger partial charge in [-0.2, -0.15) is 5.10 Å². The number of hydrogen-bond acceptors (Lipinski definition) is 3. The first-order valence-electron chi connectivity index (χ1n) is 7.32. The predicted molar refractivity (Wildman–Crippen MR) is 79.6 cm³/mol. The summed E-state index contributed by atoms with van der Waals surface area (Å²) in [5.74, 6) is 0.0454. The predicted octanol–water partition coefficient (Wildman–Crippen LogP) is 1.89. The highest BCUT2D eigenvalue weighted by Crippen LogP contribution is 2.31. The van der Waals surface area contributed by atoms with E-state index in [-0.39, 0.29) is 11.8 Å². The quantitative estimate of drug-likeness (QED) is 0.865. The zero-order valence-electron chi connectivity index (χ0n) is 12.5. The molecular weight excluding hydrogens is 264 g/mol. The second kappa shape index (κ2) is 5.68. The molecule has 110 valence electrons. The third-order valence-corrected chi connectivity index (χ3v) is 4.19. The Kier molecular flexibility index (Phi) is 3.73. The van der Waals surface area contributed by atoms with Gasteiger partial charge >= 0.3 is 0 Å². The summed E-state index contributed by atoms with van der Waals surface area (Å²) in [6.45, 7) is 0.577. The number of hydrogen-bond donors (Lipinski definition) is 0. The standard InChI is InChI=1S/C16H20N4O/c1-19(11-13-8-10-18-20(13)2)16(21)14-7-3-5-12-6-4-9-17-15(12)14/h4,6,8-10,14H,3,5,7,11H2,1-2H3. The minimum absolute atomic E-state index is 0.104. The molecule has 5 nitrogen and oxygen atoms in total. The fourth-order valence-corrected chi connectivity index (χ4v) is 2.99. The van der Waals surface area contributed by atoms with Gasteiger partial charge in [0.25, 0.3) is 0 Å². The van der Waals surface area contributed by atoms with Gasteiger partial charge in [-0.25, -0.2) is 0 Å².